The molecular weight excluding hydrogens is 480 g/mol. The summed E-state index contributed by atoms with van der Waals surface area (Å²) >= 11 is 0. The standard InChI is InChI=1S/C28H32N8O2/c1-5-26(37)31-24-16-21(36-14-12-35(4)13-15-36)10-11-22(24)33-28-30-18-20(17-29)27(34-28)32-23-8-6-7-9-25(23)38-19(2)3/h5-11,16,18-19H,1,12-15H2,2-4H3,(H,31,37)(H2,30,32,33,34). The average Bonchev–Trinajstić information content (AvgIpc) is 2.91. The van der Waals surface area contributed by atoms with Crippen molar-refractivity contribution >= 4 is 40.4 Å². The molecule has 0 spiro atoms. The van der Waals surface area contributed by atoms with Gasteiger partial charge < -0.3 is 30.5 Å². The minimum absolute atomic E-state index is 0.0194. The zero-order chi connectivity index (χ0) is 27.1. The molecule has 1 saturated heterocycles. The Bertz CT molecular complexity index is 1340. The van der Waals surface area contributed by atoms with Crippen molar-refractivity contribution in [1.82, 2.24) is 14.9 Å². The number of hydrogen-bond donors (Lipinski definition) is 3. The van der Waals surface area contributed by atoms with Crippen LogP contribution in [0.5, 0.6) is 5.75 Å². The number of piperazine rings is 1. The van der Waals surface area contributed by atoms with E-state index in [1.165, 1.54) is 12.3 Å². The van der Waals surface area contributed by atoms with Crippen LogP contribution in [-0.2, 0) is 4.79 Å². The number of nitrogens with zero attached hydrogens (tertiary/aromatic N) is 5. The zero-order valence-electron chi connectivity index (χ0n) is 21.9. The number of nitrogens with one attached hydrogen (secondary N) is 3. The molecule has 4 rings (SSSR count). The minimum Gasteiger partial charge on any atom is -0.489 e. The van der Waals surface area contributed by atoms with E-state index in [4.69, 9.17) is 4.74 Å². The van der Waals surface area contributed by atoms with Gasteiger partial charge in [0.15, 0.2) is 5.82 Å². The fourth-order valence-corrected chi connectivity index (χ4v) is 3.98. The summed E-state index contributed by atoms with van der Waals surface area (Å²) in [6.07, 6.45) is 2.65. The second-order valence-corrected chi connectivity index (χ2v) is 9.19. The van der Waals surface area contributed by atoms with Gasteiger partial charge in [-0.1, -0.05) is 18.7 Å². The Balaban J connectivity index is 1.62. The molecule has 0 atom stereocenters. The first-order chi connectivity index (χ1) is 18.4. The van der Waals surface area contributed by atoms with Crippen LogP contribution in [0.2, 0.25) is 0 Å². The third-order valence-electron chi connectivity index (χ3n) is 5.97. The number of benzene rings is 2. The van der Waals surface area contributed by atoms with Crippen LogP contribution in [0, 0.1) is 11.3 Å². The van der Waals surface area contributed by atoms with Crippen LogP contribution in [0.1, 0.15) is 19.4 Å². The third-order valence-corrected chi connectivity index (χ3v) is 5.97. The highest BCUT2D eigenvalue weighted by Gasteiger charge is 2.17. The monoisotopic (exact) mass is 512 g/mol. The molecule has 38 heavy (non-hydrogen) atoms. The number of ether oxygens (including phenoxy) is 1. The number of hydrogen-bond acceptors (Lipinski definition) is 9. The summed E-state index contributed by atoms with van der Waals surface area (Å²) in [7, 11) is 2.11. The quantitative estimate of drug-likeness (QED) is 0.356. The Kier molecular flexibility index (Phi) is 8.40. The molecule has 0 aliphatic carbocycles. The first-order valence-electron chi connectivity index (χ1n) is 12.4. The van der Waals surface area contributed by atoms with Gasteiger partial charge in [0.05, 0.1) is 29.4 Å². The Labute approximate surface area is 223 Å². The molecule has 10 nitrogen and oxygen atoms in total. The van der Waals surface area contributed by atoms with E-state index in [1.807, 2.05) is 56.3 Å². The fraction of sp³-hybridized carbons (Fsp3) is 0.286. The summed E-state index contributed by atoms with van der Waals surface area (Å²) < 4.78 is 5.89. The summed E-state index contributed by atoms with van der Waals surface area (Å²) in [6.45, 7) is 11.2. The predicted molar refractivity (Wildman–Crippen MR) is 150 cm³/mol. The lowest BCUT2D eigenvalue weighted by molar-refractivity contribution is -0.111. The average molecular weight is 513 g/mol. The fourth-order valence-electron chi connectivity index (χ4n) is 3.98. The van der Waals surface area contributed by atoms with Crippen molar-refractivity contribution in [2.45, 2.75) is 20.0 Å². The number of likely N-dealkylation sites (N-methyl/N-ethyl adjacent to an activating group) is 1. The van der Waals surface area contributed by atoms with E-state index < -0.39 is 0 Å². The van der Waals surface area contributed by atoms with Gasteiger partial charge in [0.25, 0.3) is 0 Å². The summed E-state index contributed by atoms with van der Waals surface area (Å²) in [4.78, 5) is 25.6. The molecule has 1 aliphatic heterocycles. The highest BCUT2D eigenvalue weighted by atomic mass is 16.5. The van der Waals surface area contributed by atoms with Gasteiger partial charge in [0.2, 0.25) is 11.9 Å². The van der Waals surface area contributed by atoms with Crippen LogP contribution >= 0.6 is 0 Å². The maximum absolute atomic E-state index is 12.2. The van der Waals surface area contributed by atoms with Crippen molar-refractivity contribution < 1.29 is 9.53 Å². The lowest BCUT2D eigenvalue weighted by atomic mass is 10.2. The highest BCUT2D eigenvalue weighted by molar-refractivity contribution is 6.02. The maximum atomic E-state index is 12.2. The molecular formula is C28H32N8O2. The molecule has 2 heterocycles. The van der Waals surface area contributed by atoms with Crippen LogP contribution in [-0.4, -0.2) is 60.1 Å². The number of anilines is 6. The second-order valence-electron chi connectivity index (χ2n) is 9.19. The molecule has 3 aromatic rings. The lowest BCUT2D eigenvalue weighted by Crippen LogP contribution is -2.44. The molecule has 2 aromatic carbocycles. The Morgan fingerprint density at radius 1 is 1.11 bits per heavy atom. The summed E-state index contributed by atoms with van der Waals surface area (Å²) in [5.41, 5.74) is 3.15. The number of carbonyl (C=O) groups excluding carboxylic acids is 1. The molecule has 196 valence electrons. The molecule has 0 saturated carbocycles. The van der Waals surface area contributed by atoms with Crippen LogP contribution in [0.3, 0.4) is 0 Å². The number of amides is 1. The van der Waals surface area contributed by atoms with Gasteiger partial charge in [-0.15, -0.1) is 0 Å². The van der Waals surface area contributed by atoms with Crippen molar-refractivity contribution in [3.8, 4) is 11.8 Å². The van der Waals surface area contributed by atoms with E-state index in [9.17, 15) is 10.1 Å². The molecule has 10 heteroatoms. The Morgan fingerprint density at radius 2 is 1.87 bits per heavy atom. The van der Waals surface area contributed by atoms with Crippen molar-refractivity contribution in [2.24, 2.45) is 0 Å². The van der Waals surface area contributed by atoms with Crippen molar-refractivity contribution in [2.75, 3.05) is 54.1 Å². The maximum Gasteiger partial charge on any atom is 0.247 e. The summed E-state index contributed by atoms with van der Waals surface area (Å²) in [5, 5.41) is 18.9. The molecule has 1 amide bonds. The summed E-state index contributed by atoms with van der Waals surface area (Å²) in [6, 6.07) is 15.4. The van der Waals surface area contributed by atoms with Crippen LogP contribution in [0.4, 0.5) is 34.5 Å². The van der Waals surface area contributed by atoms with Crippen LogP contribution in [0.15, 0.2) is 61.3 Å². The number of para-hydroxylation sites is 2. The largest absolute Gasteiger partial charge is 0.489 e. The minimum atomic E-state index is -0.326. The molecule has 1 aromatic heterocycles. The van der Waals surface area contributed by atoms with E-state index in [-0.39, 0.29) is 23.5 Å². The van der Waals surface area contributed by atoms with E-state index in [2.05, 4.69) is 55.4 Å². The van der Waals surface area contributed by atoms with E-state index in [0.29, 0.717) is 28.6 Å². The van der Waals surface area contributed by atoms with Crippen molar-refractivity contribution in [3.05, 3.63) is 66.9 Å². The molecule has 0 bridgehead atoms. The highest BCUT2D eigenvalue weighted by Crippen LogP contribution is 2.32. The lowest BCUT2D eigenvalue weighted by Gasteiger charge is -2.34. The predicted octanol–water partition coefficient (Wildman–Crippen LogP) is 4.50. The second kappa shape index (κ2) is 12.1. The van der Waals surface area contributed by atoms with E-state index in [1.54, 1.807) is 0 Å². The number of nitriles is 1. The van der Waals surface area contributed by atoms with Gasteiger partial charge >= 0.3 is 0 Å². The van der Waals surface area contributed by atoms with Gasteiger partial charge in [-0.05, 0) is 57.3 Å². The van der Waals surface area contributed by atoms with Crippen molar-refractivity contribution in [1.29, 1.82) is 5.26 Å². The van der Waals surface area contributed by atoms with E-state index in [0.717, 1.165) is 31.9 Å². The van der Waals surface area contributed by atoms with Gasteiger partial charge in [0, 0.05) is 31.9 Å². The smallest absolute Gasteiger partial charge is 0.247 e. The Hall–Kier alpha value is -4.62. The van der Waals surface area contributed by atoms with Crippen LogP contribution < -0.4 is 25.6 Å². The molecule has 3 N–H and O–H groups in total. The first-order valence-corrected chi connectivity index (χ1v) is 12.4. The summed E-state index contributed by atoms with van der Waals surface area (Å²) in [5.74, 6) is 0.910. The third kappa shape index (κ3) is 6.57. The molecule has 1 aliphatic rings. The first kappa shape index (κ1) is 26.4. The zero-order valence-corrected chi connectivity index (χ0v) is 21.9. The number of aromatic nitrogens is 2. The molecule has 1 fully saturated rings. The van der Waals surface area contributed by atoms with Gasteiger partial charge in [-0.25, -0.2) is 4.98 Å². The van der Waals surface area contributed by atoms with Gasteiger partial charge in [0.1, 0.15) is 17.4 Å². The Morgan fingerprint density at radius 3 is 2.58 bits per heavy atom. The van der Waals surface area contributed by atoms with Crippen LogP contribution in [0.25, 0.3) is 0 Å². The topological polar surface area (TPSA) is 118 Å². The number of carbonyl (C=O) groups is 1. The number of rotatable bonds is 9. The SMILES string of the molecule is C=CC(=O)Nc1cc(N2CCN(C)CC2)ccc1Nc1ncc(C#N)c(Nc2ccccc2OC(C)C)n1. The molecule has 0 unspecified atom stereocenters. The van der Waals surface area contributed by atoms with Gasteiger partial charge in [-0.2, -0.15) is 10.2 Å². The van der Waals surface area contributed by atoms with Gasteiger partial charge in [-0.3, -0.25) is 4.79 Å². The normalized spacial score (nSPS) is 13.5. The van der Waals surface area contributed by atoms with Crippen molar-refractivity contribution in [3.63, 3.8) is 0 Å². The molecule has 0 radical (unpaired) electrons. The van der Waals surface area contributed by atoms with E-state index >= 15 is 0 Å².